The summed E-state index contributed by atoms with van der Waals surface area (Å²) >= 11 is 0. The normalized spacial score (nSPS) is 9.64. The lowest BCUT2D eigenvalue weighted by atomic mass is 10.3. The van der Waals surface area contributed by atoms with E-state index in [1.165, 1.54) is 0 Å². The molecular weight excluding hydrogens is 180 g/mol. The third-order valence-corrected chi connectivity index (χ3v) is 1.86. The molecule has 0 saturated carbocycles. The largest absolute Gasteiger partial charge is 0.371 e. The first kappa shape index (κ1) is 10.4. The van der Waals surface area contributed by atoms with Gasteiger partial charge in [-0.05, 0) is 6.42 Å². The third kappa shape index (κ3) is 1.99. The van der Waals surface area contributed by atoms with E-state index in [1.807, 2.05) is 6.92 Å². The van der Waals surface area contributed by atoms with Crippen LogP contribution in [0.15, 0.2) is 6.20 Å². The molecule has 1 rings (SSSR count). The van der Waals surface area contributed by atoms with Gasteiger partial charge in [-0.3, -0.25) is 4.79 Å². The third-order valence-electron chi connectivity index (χ3n) is 1.86. The summed E-state index contributed by atoms with van der Waals surface area (Å²) in [5, 5.41) is 5.35. The highest BCUT2D eigenvalue weighted by Gasteiger charge is 2.12. The van der Waals surface area contributed by atoms with E-state index in [1.54, 1.807) is 20.3 Å². The Labute approximate surface area is 83.0 Å². The Kier molecular flexibility index (Phi) is 3.39. The highest BCUT2D eigenvalue weighted by atomic mass is 16.1. The Balaban J connectivity index is 3.14. The van der Waals surface area contributed by atoms with Crippen molar-refractivity contribution in [1.29, 1.82) is 0 Å². The summed E-state index contributed by atoms with van der Waals surface area (Å²) in [5.41, 5.74) is 1.15. The molecule has 0 spiro atoms. The van der Waals surface area contributed by atoms with Crippen molar-refractivity contribution in [3.63, 3.8) is 0 Å². The minimum absolute atomic E-state index is 0.225. The minimum Gasteiger partial charge on any atom is -0.371 e. The quantitative estimate of drug-likeness (QED) is 0.732. The zero-order chi connectivity index (χ0) is 10.6. The number of rotatable bonds is 3. The maximum absolute atomic E-state index is 11.4. The van der Waals surface area contributed by atoms with Gasteiger partial charge in [-0.2, -0.15) is 0 Å². The van der Waals surface area contributed by atoms with Crippen LogP contribution in [0.25, 0.3) is 0 Å². The van der Waals surface area contributed by atoms with Crippen LogP contribution in [0.3, 0.4) is 0 Å². The highest BCUT2D eigenvalue weighted by Crippen LogP contribution is 2.09. The molecule has 1 aromatic rings. The van der Waals surface area contributed by atoms with Crippen LogP contribution in [0.1, 0.15) is 23.1 Å². The zero-order valence-corrected chi connectivity index (χ0v) is 8.59. The summed E-state index contributed by atoms with van der Waals surface area (Å²) in [6, 6.07) is 0. The summed E-state index contributed by atoms with van der Waals surface area (Å²) in [6.45, 7) is 1.97. The number of carbonyl (C=O) groups is 1. The molecule has 0 radical (unpaired) electrons. The standard InChI is InChI=1S/C9H14N4O/c1-4-6-5-12-8(10-2)7(13-6)9(14)11-3/h5H,4H2,1-3H3,(H,10,12)(H,11,14). The van der Waals surface area contributed by atoms with Crippen molar-refractivity contribution in [2.45, 2.75) is 13.3 Å². The monoisotopic (exact) mass is 194 g/mol. The summed E-state index contributed by atoms with van der Waals surface area (Å²) in [4.78, 5) is 19.7. The first-order valence-corrected chi connectivity index (χ1v) is 4.48. The molecule has 76 valence electrons. The lowest BCUT2D eigenvalue weighted by Gasteiger charge is -2.06. The molecule has 5 heteroatoms. The van der Waals surface area contributed by atoms with E-state index in [0.717, 1.165) is 12.1 Å². The first-order chi connectivity index (χ1) is 6.72. The maximum Gasteiger partial charge on any atom is 0.273 e. The number of hydrogen-bond donors (Lipinski definition) is 2. The summed E-state index contributed by atoms with van der Waals surface area (Å²) < 4.78 is 0. The molecule has 0 unspecified atom stereocenters. The minimum atomic E-state index is -0.225. The molecule has 2 N–H and O–H groups in total. The van der Waals surface area contributed by atoms with Gasteiger partial charge >= 0.3 is 0 Å². The van der Waals surface area contributed by atoms with Crippen LogP contribution >= 0.6 is 0 Å². The van der Waals surface area contributed by atoms with Crippen LogP contribution in [-0.4, -0.2) is 30.0 Å². The summed E-state index contributed by atoms with van der Waals surface area (Å²) in [7, 11) is 3.28. The van der Waals surface area contributed by atoms with Crippen molar-refractivity contribution in [2.75, 3.05) is 19.4 Å². The molecule has 0 bridgehead atoms. The van der Waals surface area contributed by atoms with Gasteiger partial charge in [-0.25, -0.2) is 9.97 Å². The van der Waals surface area contributed by atoms with Crippen molar-refractivity contribution < 1.29 is 4.79 Å². The topological polar surface area (TPSA) is 66.9 Å². The second-order valence-electron chi connectivity index (χ2n) is 2.74. The summed E-state index contributed by atoms with van der Waals surface area (Å²) in [5.74, 6) is 0.277. The number of amides is 1. The number of aryl methyl sites for hydroxylation is 1. The van der Waals surface area contributed by atoms with E-state index < -0.39 is 0 Å². The Hall–Kier alpha value is -1.65. The van der Waals surface area contributed by atoms with Gasteiger partial charge in [-0.1, -0.05) is 6.92 Å². The zero-order valence-electron chi connectivity index (χ0n) is 8.59. The van der Waals surface area contributed by atoms with Gasteiger partial charge in [0.1, 0.15) is 0 Å². The van der Waals surface area contributed by atoms with Crippen LogP contribution < -0.4 is 10.6 Å². The lowest BCUT2D eigenvalue weighted by molar-refractivity contribution is 0.0958. The molecule has 0 aliphatic heterocycles. The molecule has 1 heterocycles. The van der Waals surface area contributed by atoms with Gasteiger partial charge in [0.15, 0.2) is 11.5 Å². The van der Waals surface area contributed by atoms with E-state index in [9.17, 15) is 4.79 Å². The van der Waals surface area contributed by atoms with E-state index in [2.05, 4.69) is 20.6 Å². The SMILES string of the molecule is CCc1cnc(NC)c(C(=O)NC)n1. The number of aromatic nitrogens is 2. The first-order valence-electron chi connectivity index (χ1n) is 4.48. The average Bonchev–Trinajstić information content (AvgIpc) is 2.27. The lowest BCUT2D eigenvalue weighted by Crippen LogP contribution is -2.22. The van der Waals surface area contributed by atoms with Crippen molar-refractivity contribution in [2.24, 2.45) is 0 Å². The number of nitrogens with zero attached hydrogens (tertiary/aromatic N) is 2. The molecule has 0 aromatic carbocycles. The van der Waals surface area contributed by atoms with E-state index >= 15 is 0 Å². The molecule has 0 aliphatic carbocycles. The van der Waals surface area contributed by atoms with Crippen LogP contribution in [-0.2, 0) is 6.42 Å². The van der Waals surface area contributed by atoms with Crippen molar-refractivity contribution in [3.05, 3.63) is 17.6 Å². The molecule has 5 nitrogen and oxygen atoms in total. The number of nitrogens with one attached hydrogen (secondary N) is 2. The Bertz CT molecular complexity index is 338. The van der Waals surface area contributed by atoms with Crippen molar-refractivity contribution >= 4 is 11.7 Å². The van der Waals surface area contributed by atoms with Crippen molar-refractivity contribution in [1.82, 2.24) is 15.3 Å². The Morgan fingerprint density at radius 1 is 1.50 bits per heavy atom. The Morgan fingerprint density at radius 2 is 2.21 bits per heavy atom. The molecule has 1 aromatic heterocycles. The van der Waals surface area contributed by atoms with Gasteiger partial charge in [0.2, 0.25) is 0 Å². The van der Waals surface area contributed by atoms with Crippen LogP contribution in [0.5, 0.6) is 0 Å². The van der Waals surface area contributed by atoms with Crippen LogP contribution in [0.4, 0.5) is 5.82 Å². The number of carbonyl (C=O) groups excluding carboxylic acids is 1. The molecule has 14 heavy (non-hydrogen) atoms. The molecular formula is C9H14N4O. The predicted molar refractivity (Wildman–Crippen MR) is 54.3 cm³/mol. The van der Waals surface area contributed by atoms with Gasteiger partial charge in [-0.15, -0.1) is 0 Å². The van der Waals surface area contributed by atoms with E-state index in [-0.39, 0.29) is 5.91 Å². The smallest absolute Gasteiger partial charge is 0.273 e. The predicted octanol–water partition coefficient (Wildman–Crippen LogP) is 0.440. The number of hydrogen-bond acceptors (Lipinski definition) is 4. The molecule has 0 aliphatic rings. The average molecular weight is 194 g/mol. The highest BCUT2D eigenvalue weighted by molar-refractivity contribution is 5.96. The van der Waals surface area contributed by atoms with Gasteiger partial charge < -0.3 is 10.6 Å². The van der Waals surface area contributed by atoms with Gasteiger partial charge in [0.05, 0.1) is 11.9 Å². The van der Waals surface area contributed by atoms with E-state index in [0.29, 0.717) is 11.5 Å². The fourth-order valence-corrected chi connectivity index (χ4v) is 1.06. The maximum atomic E-state index is 11.4. The second kappa shape index (κ2) is 4.55. The van der Waals surface area contributed by atoms with Gasteiger partial charge in [0.25, 0.3) is 5.91 Å². The van der Waals surface area contributed by atoms with Crippen LogP contribution in [0.2, 0.25) is 0 Å². The molecule has 1 amide bonds. The fourth-order valence-electron chi connectivity index (χ4n) is 1.06. The molecule has 0 fully saturated rings. The van der Waals surface area contributed by atoms with Crippen molar-refractivity contribution in [3.8, 4) is 0 Å². The fraction of sp³-hybridized carbons (Fsp3) is 0.444. The second-order valence-corrected chi connectivity index (χ2v) is 2.74. The Morgan fingerprint density at radius 3 is 2.71 bits per heavy atom. The number of anilines is 1. The van der Waals surface area contributed by atoms with E-state index in [4.69, 9.17) is 0 Å². The van der Waals surface area contributed by atoms with Gasteiger partial charge in [0, 0.05) is 14.1 Å². The molecule has 0 atom stereocenters. The van der Waals surface area contributed by atoms with Crippen LogP contribution in [0, 0.1) is 0 Å². The molecule has 0 saturated heterocycles. The summed E-state index contributed by atoms with van der Waals surface area (Å²) in [6.07, 6.45) is 2.43.